The number of fused-ring (bicyclic) bond motifs is 2. The van der Waals surface area contributed by atoms with E-state index in [4.69, 9.17) is 14.2 Å². The molecule has 0 saturated carbocycles. The van der Waals surface area contributed by atoms with Crippen molar-refractivity contribution in [3.8, 4) is 17.2 Å². The Morgan fingerprint density at radius 2 is 1.77 bits per heavy atom. The zero-order valence-corrected chi connectivity index (χ0v) is 17.5. The van der Waals surface area contributed by atoms with Gasteiger partial charge in [0.05, 0.1) is 38.6 Å². The second-order valence-electron chi connectivity index (χ2n) is 7.07. The Balaban J connectivity index is 1.77. The molecule has 0 aliphatic rings. The van der Waals surface area contributed by atoms with Crippen LogP contribution in [-0.4, -0.2) is 35.9 Å². The summed E-state index contributed by atoms with van der Waals surface area (Å²) in [6.07, 6.45) is 1.80. The first-order chi connectivity index (χ1) is 14.9. The highest BCUT2D eigenvalue weighted by Gasteiger charge is 2.20. The van der Waals surface area contributed by atoms with Gasteiger partial charge in [0.2, 0.25) is 5.75 Å². The van der Waals surface area contributed by atoms with E-state index in [-0.39, 0.29) is 17.6 Å². The molecule has 0 bridgehead atoms. The minimum Gasteiger partial charge on any atom is -0.493 e. The molecule has 2 heterocycles. The summed E-state index contributed by atoms with van der Waals surface area (Å²) < 4.78 is 45.3. The third kappa shape index (κ3) is 3.35. The molecule has 4 aromatic rings. The van der Waals surface area contributed by atoms with E-state index in [1.807, 2.05) is 0 Å². The number of ether oxygens (including phenoxy) is 3. The average molecular weight is 429 g/mol. The molecule has 0 radical (unpaired) electrons. The SMILES string of the molecule is COc1cc2c(=O)n(CCc3c(C)[nH]c4c(F)cc(F)cc34)cnc2c(OC)c1OC. The van der Waals surface area contributed by atoms with Crippen molar-refractivity contribution in [2.45, 2.75) is 19.9 Å². The van der Waals surface area contributed by atoms with Crippen LogP contribution in [0.2, 0.25) is 0 Å². The van der Waals surface area contributed by atoms with Gasteiger partial charge >= 0.3 is 0 Å². The summed E-state index contributed by atoms with van der Waals surface area (Å²) in [4.78, 5) is 20.5. The Morgan fingerprint density at radius 1 is 1.03 bits per heavy atom. The molecule has 0 fully saturated rings. The summed E-state index contributed by atoms with van der Waals surface area (Å²) in [6.45, 7) is 2.06. The van der Waals surface area contributed by atoms with E-state index >= 15 is 0 Å². The monoisotopic (exact) mass is 429 g/mol. The summed E-state index contributed by atoms with van der Waals surface area (Å²) in [7, 11) is 4.40. The third-order valence-corrected chi connectivity index (χ3v) is 5.37. The lowest BCUT2D eigenvalue weighted by atomic mass is 10.1. The molecule has 2 aromatic carbocycles. The van der Waals surface area contributed by atoms with Gasteiger partial charge in [-0.15, -0.1) is 0 Å². The average Bonchev–Trinajstić information content (AvgIpc) is 3.07. The van der Waals surface area contributed by atoms with Crippen molar-refractivity contribution in [3.05, 3.63) is 57.8 Å². The van der Waals surface area contributed by atoms with Gasteiger partial charge in [-0.3, -0.25) is 9.36 Å². The highest BCUT2D eigenvalue weighted by Crippen LogP contribution is 2.41. The lowest BCUT2D eigenvalue weighted by Crippen LogP contribution is -2.22. The molecule has 0 aliphatic heterocycles. The number of aromatic amines is 1. The maximum atomic E-state index is 14.1. The van der Waals surface area contributed by atoms with E-state index in [9.17, 15) is 13.6 Å². The lowest BCUT2D eigenvalue weighted by molar-refractivity contribution is 0.326. The van der Waals surface area contributed by atoms with Crippen molar-refractivity contribution in [1.82, 2.24) is 14.5 Å². The van der Waals surface area contributed by atoms with Crippen LogP contribution in [0, 0.1) is 18.6 Å². The van der Waals surface area contributed by atoms with Gasteiger partial charge in [-0.25, -0.2) is 13.8 Å². The number of benzene rings is 2. The predicted molar refractivity (Wildman–Crippen MR) is 112 cm³/mol. The normalized spacial score (nSPS) is 11.3. The summed E-state index contributed by atoms with van der Waals surface area (Å²) >= 11 is 0. The summed E-state index contributed by atoms with van der Waals surface area (Å²) in [5.74, 6) is -0.299. The summed E-state index contributed by atoms with van der Waals surface area (Å²) in [5, 5.41) is 0.773. The van der Waals surface area contributed by atoms with Crippen molar-refractivity contribution in [1.29, 1.82) is 0 Å². The number of aromatic nitrogens is 3. The van der Waals surface area contributed by atoms with Gasteiger partial charge in [0.15, 0.2) is 11.5 Å². The van der Waals surface area contributed by atoms with Crippen LogP contribution in [0.3, 0.4) is 0 Å². The van der Waals surface area contributed by atoms with Crippen LogP contribution in [0.5, 0.6) is 17.2 Å². The van der Waals surface area contributed by atoms with Crippen LogP contribution < -0.4 is 19.8 Å². The Morgan fingerprint density at radius 3 is 2.45 bits per heavy atom. The van der Waals surface area contributed by atoms with E-state index in [0.29, 0.717) is 40.0 Å². The van der Waals surface area contributed by atoms with Gasteiger partial charge < -0.3 is 19.2 Å². The smallest absolute Gasteiger partial charge is 0.261 e. The number of hydrogen-bond acceptors (Lipinski definition) is 5. The molecular weight excluding hydrogens is 408 g/mol. The second kappa shape index (κ2) is 7.90. The molecule has 9 heteroatoms. The van der Waals surface area contributed by atoms with Gasteiger partial charge in [-0.05, 0) is 31.0 Å². The molecule has 2 aromatic heterocycles. The van der Waals surface area contributed by atoms with Crippen molar-refractivity contribution in [3.63, 3.8) is 0 Å². The fourth-order valence-electron chi connectivity index (χ4n) is 3.88. The Labute approximate surface area is 176 Å². The molecule has 7 nitrogen and oxygen atoms in total. The predicted octanol–water partition coefficient (Wildman–Crippen LogP) is 3.73. The number of hydrogen-bond donors (Lipinski definition) is 1. The molecule has 162 valence electrons. The van der Waals surface area contributed by atoms with E-state index in [0.717, 1.165) is 17.3 Å². The molecule has 4 rings (SSSR count). The van der Waals surface area contributed by atoms with E-state index in [1.165, 1.54) is 38.3 Å². The minimum absolute atomic E-state index is 0.249. The maximum Gasteiger partial charge on any atom is 0.261 e. The molecule has 31 heavy (non-hydrogen) atoms. The lowest BCUT2D eigenvalue weighted by Gasteiger charge is -2.15. The fourth-order valence-corrected chi connectivity index (χ4v) is 3.88. The van der Waals surface area contributed by atoms with E-state index in [2.05, 4.69) is 9.97 Å². The van der Waals surface area contributed by atoms with Crippen LogP contribution in [0.25, 0.3) is 21.8 Å². The first kappa shape index (κ1) is 20.6. The van der Waals surface area contributed by atoms with E-state index in [1.54, 1.807) is 13.0 Å². The largest absolute Gasteiger partial charge is 0.493 e. The third-order valence-electron chi connectivity index (χ3n) is 5.37. The standard InChI is InChI=1S/C22H21F2N3O4/c1-11-13(14-7-12(23)8-16(24)18(14)26-11)5-6-27-10-25-19-15(22(27)28)9-17(29-2)20(30-3)21(19)31-4/h7-10,26H,5-6H2,1-4H3. The Bertz CT molecular complexity index is 1360. The zero-order chi connectivity index (χ0) is 22.3. The number of rotatable bonds is 6. The maximum absolute atomic E-state index is 14.1. The van der Waals surface area contributed by atoms with Gasteiger partial charge in [0.25, 0.3) is 5.56 Å². The van der Waals surface area contributed by atoms with Gasteiger partial charge in [0, 0.05) is 23.7 Å². The number of aryl methyl sites for hydroxylation is 3. The number of halogens is 2. The number of nitrogens with one attached hydrogen (secondary N) is 1. The van der Waals surface area contributed by atoms with Crippen LogP contribution in [0.1, 0.15) is 11.3 Å². The first-order valence-electron chi connectivity index (χ1n) is 9.53. The molecule has 0 unspecified atom stereocenters. The quantitative estimate of drug-likeness (QED) is 0.505. The van der Waals surface area contributed by atoms with Crippen molar-refractivity contribution >= 4 is 21.8 Å². The summed E-state index contributed by atoms with van der Waals surface area (Å²) in [5.41, 5.74) is 1.77. The topological polar surface area (TPSA) is 78.4 Å². The molecule has 0 spiro atoms. The van der Waals surface area contributed by atoms with Crippen molar-refractivity contribution in [2.75, 3.05) is 21.3 Å². The zero-order valence-electron chi connectivity index (χ0n) is 17.5. The second-order valence-corrected chi connectivity index (χ2v) is 7.07. The molecule has 1 N–H and O–H groups in total. The van der Waals surface area contributed by atoms with E-state index < -0.39 is 11.6 Å². The fraction of sp³-hybridized carbons (Fsp3) is 0.273. The molecule has 0 atom stereocenters. The van der Waals surface area contributed by atoms with Crippen molar-refractivity contribution in [2.24, 2.45) is 0 Å². The molecule has 0 amide bonds. The first-order valence-corrected chi connectivity index (χ1v) is 9.53. The number of nitrogens with zero attached hydrogens (tertiary/aromatic N) is 2. The molecular formula is C22H21F2N3O4. The van der Waals surface area contributed by atoms with Gasteiger partial charge in [-0.2, -0.15) is 0 Å². The van der Waals surface area contributed by atoms with Crippen LogP contribution >= 0.6 is 0 Å². The van der Waals surface area contributed by atoms with Gasteiger partial charge in [-0.1, -0.05) is 0 Å². The highest BCUT2D eigenvalue weighted by atomic mass is 19.1. The summed E-state index contributed by atoms with van der Waals surface area (Å²) in [6, 6.07) is 3.69. The van der Waals surface area contributed by atoms with Crippen LogP contribution in [0.15, 0.2) is 29.3 Å². The highest BCUT2D eigenvalue weighted by molar-refractivity contribution is 5.89. The van der Waals surface area contributed by atoms with Crippen molar-refractivity contribution < 1.29 is 23.0 Å². The minimum atomic E-state index is -0.651. The van der Waals surface area contributed by atoms with Gasteiger partial charge in [0.1, 0.15) is 17.2 Å². The van der Waals surface area contributed by atoms with Crippen LogP contribution in [-0.2, 0) is 13.0 Å². The Kier molecular flexibility index (Phi) is 5.26. The molecule has 0 saturated heterocycles. The Hall–Kier alpha value is -3.62. The van der Waals surface area contributed by atoms with Crippen LogP contribution in [0.4, 0.5) is 8.78 Å². The molecule has 0 aliphatic carbocycles. The number of methoxy groups -OCH3 is 3. The number of H-pyrrole nitrogens is 1.